The number of para-hydroxylation sites is 1. The van der Waals surface area contributed by atoms with Crippen LogP contribution in [-0.2, 0) is 11.4 Å². The molecular formula is C35H26BrCl2N3O4S. The SMILES string of the molecule is COc1cccc([C@@H]2C(C(=O)Nc3ccccc3)=C(C)N=c3s/c(=C\c4ccc(OCc5ccc(Cl)cc5Cl)c(Br)c4)c(=O)n32)c1. The number of nitrogens with one attached hydrogen (secondary N) is 1. The molecule has 1 N–H and O–H groups in total. The van der Waals surface area contributed by atoms with Crippen LogP contribution in [0.4, 0.5) is 5.69 Å². The second kappa shape index (κ2) is 13.7. The minimum absolute atomic E-state index is 0.260. The van der Waals surface area contributed by atoms with Crippen molar-refractivity contribution in [3.05, 3.63) is 153 Å². The van der Waals surface area contributed by atoms with Crippen molar-refractivity contribution in [2.75, 3.05) is 12.4 Å². The number of fused-ring (bicyclic) bond motifs is 1. The van der Waals surface area contributed by atoms with Crippen LogP contribution in [0.2, 0.25) is 10.0 Å². The summed E-state index contributed by atoms with van der Waals surface area (Å²) in [7, 11) is 1.58. The molecule has 0 aliphatic carbocycles. The molecule has 0 saturated carbocycles. The summed E-state index contributed by atoms with van der Waals surface area (Å²) in [4.78, 5) is 33.1. The first-order valence-corrected chi connectivity index (χ1v) is 16.5. The fraction of sp³-hybridized carbons (Fsp3) is 0.114. The Labute approximate surface area is 287 Å². The van der Waals surface area contributed by atoms with Gasteiger partial charge in [-0.3, -0.25) is 14.2 Å². The molecule has 4 aromatic carbocycles. The minimum atomic E-state index is -0.723. The second-order valence-corrected chi connectivity index (χ2v) is 13.1. The third-order valence-electron chi connectivity index (χ3n) is 7.36. The van der Waals surface area contributed by atoms with Gasteiger partial charge in [-0.1, -0.05) is 77.0 Å². The predicted molar refractivity (Wildman–Crippen MR) is 187 cm³/mol. The van der Waals surface area contributed by atoms with Gasteiger partial charge in [0.25, 0.3) is 11.5 Å². The van der Waals surface area contributed by atoms with Crippen LogP contribution in [0.25, 0.3) is 6.08 Å². The number of hydrogen-bond acceptors (Lipinski definition) is 6. The van der Waals surface area contributed by atoms with Crippen LogP contribution in [-0.4, -0.2) is 17.6 Å². The number of ether oxygens (including phenoxy) is 2. The number of anilines is 1. The van der Waals surface area contributed by atoms with E-state index < -0.39 is 6.04 Å². The van der Waals surface area contributed by atoms with E-state index in [1.54, 1.807) is 36.8 Å². The van der Waals surface area contributed by atoms with Crippen LogP contribution in [0.5, 0.6) is 11.5 Å². The van der Waals surface area contributed by atoms with Gasteiger partial charge in [-0.15, -0.1) is 0 Å². The van der Waals surface area contributed by atoms with Crippen LogP contribution < -0.4 is 29.7 Å². The smallest absolute Gasteiger partial charge is 0.271 e. The summed E-state index contributed by atoms with van der Waals surface area (Å²) < 4.78 is 14.2. The molecule has 0 fully saturated rings. The average molecular weight is 735 g/mol. The first-order chi connectivity index (χ1) is 22.2. The molecule has 0 saturated heterocycles. The highest BCUT2D eigenvalue weighted by molar-refractivity contribution is 9.10. The van der Waals surface area contributed by atoms with Crippen molar-refractivity contribution in [2.45, 2.75) is 19.6 Å². The minimum Gasteiger partial charge on any atom is -0.497 e. The average Bonchev–Trinajstić information content (AvgIpc) is 3.34. The van der Waals surface area contributed by atoms with Crippen molar-refractivity contribution in [3.8, 4) is 11.5 Å². The maximum absolute atomic E-state index is 14.1. The molecule has 6 rings (SSSR count). The van der Waals surface area contributed by atoms with Gasteiger partial charge in [0.2, 0.25) is 0 Å². The molecule has 0 spiro atoms. The molecular weight excluding hydrogens is 709 g/mol. The predicted octanol–water partition coefficient (Wildman–Crippen LogP) is 7.53. The van der Waals surface area contributed by atoms with Crippen LogP contribution in [0.15, 0.2) is 117 Å². The van der Waals surface area contributed by atoms with Crippen molar-refractivity contribution in [1.82, 2.24) is 4.57 Å². The summed E-state index contributed by atoms with van der Waals surface area (Å²) in [5, 5.41) is 4.05. The van der Waals surface area contributed by atoms with Gasteiger partial charge in [0.1, 0.15) is 18.1 Å². The van der Waals surface area contributed by atoms with E-state index in [0.717, 1.165) is 16.7 Å². The lowest BCUT2D eigenvalue weighted by Gasteiger charge is -2.25. The summed E-state index contributed by atoms with van der Waals surface area (Å²) in [6.45, 7) is 2.05. The van der Waals surface area contributed by atoms with Gasteiger partial charge < -0.3 is 14.8 Å². The molecule has 1 amide bonds. The van der Waals surface area contributed by atoms with Crippen LogP contribution in [0, 0.1) is 0 Å². The summed E-state index contributed by atoms with van der Waals surface area (Å²) in [5.74, 6) is 0.892. The quantitative estimate of drug-likeness (QED) is 0.179. The van der Waals surface area contributed by atoms with Gasteiger partial charge in [0.15, 0.2) is 4.80 Å². The third kappa shape index (κ3) is 6.69. The van der Waals surface area contributed by atoms with E-state index in [2.05, 4.69) is 21.2 Å². The number of thiazole rings is 1. The van der Waals surface area contributed by atoms with Crippen molar-refractivity contribution in [1.29, 1.82) is 0 Å². The van der Waals surface area contributed by atoms with Gasteiger partial charge in [-0.05, 0) is 88.6 Å². The fourth-order valence-electron chi connectivity index (χ4n) is 5.13. The molecule has 1 aliphatic rings. The molecule has 232 valence electrons. The van der Waals surface area contributed by atoms with Gasteiger partial charge >= 0.3 is 0 Å². The van der Waals surface area contributed by atoms with Gasteiger partial charge in [-0.2, -0.15) is 0 Å². The standard InChI is InChI=1S/C35H26BrCl2N3O4S/c1-20-31(33(42)40-25-8-4-3-5-9-25)32(22-7-6-10-26(17-22)44-2)41-34(43)30(46-35(41)39-20)16-21-11-14-29(27(36)15-21)45-19-23-12-13-24(37)18-28(23)38/h3-18,32H,19H2,1-2H3,(H,40,42)/b30-16-/t32-/m1/s1. The van der Waals surface area contributed by atoms with E-state index in [9.17, 15) is 9.59 Å². The number of carbonyl (C=O) groups excluding carboxylic acids is 1. The first kappa shape index (κ1) is 31.8. The third-order valence-corrected chi connectivity index (χ3v) is 9.55. The number of nitrogens with zero attached hydrogens (tertiary/aromatic N) is 2. The van der Waals surface area contributed by atoms with Gasteiger partial charge in [-0.25, -0.2) is 4.99 Å². The molecule has 2 heterocycles. The highest BCUT2D eigenvalue weighted by Crippen LogP contribution is 2.33. The molecule has 0 unspecified atom stereocenters. The maximum atomic E-state index is 14.1. The molecule has 5 aromatic rings. The van der Waals surface area contributed by atoms with E-state index >= 15 is 0 Å². The van der Waals surface area contributed by atoms with Crippen LogP contribution in [0.1, 0.15) is 29.7 Å². The normalized spacial score (nSPS) is 14.5. The lowest BCUT2D eigenvalue weighted by Crippen LogP contribution is -2.40. The zero-order valence-electron chi connectivity index (χ0n) is 24.6. The molecule has 7 nitrogen and oxygen atoms in total. The Kier molecular flexibility index (Phi) is 9.47. The van der Waals surface area contributed by atoms with Crippen molar-refractivity contribution < 1.29 is 14.3 Å². The lowest BCUT2D eigenvalue weighted by atomic mass is 9.95. The first-order valence-electron chi connectivity index (χ1n) is 14.1. The lowest BCUT2D eigenvalue weighted by molar-refractivity contribution is -0.113. The molecule has 46 heavy (non-hydrogen) atoms. The van der Waals surface area contributed by atoms with Crippen molar-refractivity contribution in [2.24, 2.45) is 4.99 Å². The Morgan fingerprint density at radius 2 is 1.85 bits per heavy atom. The van der Waals surface area contributed by atoms with Crippen LogP contribution >= 0.6 is 50.5 Å². The number of carbonyl (C=O) groups is 1. The zero-order valence-corrected chi connectivity index (χ0v) is 28.5. The number of amides is 1. The molecule has 1 atom stereocenters. The maximum Gasteiger partial charge on any atom is 0.271 e. The largest absolute Gasteiger partial charge is 0.497 e. The van der Waals surface area contributed by atoms with Gasteiger partial charge in [0.05, 0.1) is 33.4 Å². The molecule has 11 heteroatoms. The topological polar surface area (TPSA) is 81.9 Å². The summed E-state index contributed by atoms with van der Waals surface area (Å²) >= 11 is 17.2. The number of halogens is 3. The number of rotatable bonds is 8. The molecule has 0 bridgehead atoms. The number of benzene rings is 4. The summed E-state index contributed by atoms with van der Waals surface area (Å²) in [5.41, 5.74) is 3.60. The Hall–Kier alpha value is -4.15. The number of methoxy groups -OCH3 is 1. The Morgan fingerprint density at radius 3 is 2.59 bits per heavy atom. The monoisotopic (exact) mass is 733 g/mol. The summed E-state index contributed by atoms with van der Waals surface area (Å²) in [6, 6.07) is 26.7. The Balaban J connectivity index is 1.37. The van der Waals surface area contributed by atoms with E-state index in [-0.39, 0.29) is 18.1 Å². The van der Waals surface area contributed by atoms with E-state index in [1.807, 2.05) is 78.9 Å². The number of hydrogen-bond donors (Lipinski definition) is 1. The Morgan fingerprint density at radius 1 is 1.04 bits per heavy atom. The van der Waals surface area contributed by atoms with E-state index in [4.69, 9.17) is 37.7 Å². The number of aromatic nitrogens is 1. The number of allylic oxidation sites excluding steroid dienone is 1. The molecule has 1 aliphatic heterocycles. The van der Waals surface area contributed by atoms with Crippen LogP contribution in [0.3, 0.4) is 0 Å². The Bertz CT molecular complexity index is 2180. The van der Waals surface area contributed by atoms with Crippen molar-refractivity contribution in [3.63, 3.8) is 0 Å². The van der Waals surface area contributed by atoms with E-state index in [0.29, 0.717) is 52.3 Å². The second-order valence-electron chi connectivity index (χ2n) is 10.4. The van der Waals surface area contributed by atoms with Gasteiger partial charge in [0, 0.05) is 21.3 Å². The molecule has 0 radical (unpaired) electrons. The summed E-state index contributed by atoms with van der Waals surface area (Å²) in [6.07, 6.45) is 1.81. The molecule has 1 aromatic heterocycles. The highest BCUT2D eigenvalue weighted by Gasteiger charge is 2.32. The van der Waals surface area contributed by atoms with E-state index in [1.165, 1.54) is 11.3 Å². The highest BCUT2D eigenvalue weighted by atomic mass is 79.9. The fourth-order valence-corrected chi connectivity index (χ4v) is 7.15. The van der Waals surface area contributed by atoms with Crippen molar-refractivity contribution >= 4 is 68.1 Å². The zero-order chi connectivity index (χ0) is 32.4.